The molecule has 0 spiro atoms. The van der Waals surface area contributed by atoms with Crippen LogP contribution in [0.3, 0.4) is 0 Å². The first-order valence-corrected chi connectivity index (χ1v) is 12.3. The molecule has 8 heteroatoms. The van der Waals surface area contributed by atoms with Gasteiger partial charge in [-0.2, -0.15) is 0 Å². The Kier molecular flexibility index (Phi) is 8.00. The fourth-order valence-corrected chi connectivity index (χ4v) is 4.94. The minimum absolute atomic E-state index is 0.0676. The molecule has 0 aromatic heterocycles. The molecule has 6 nitrogen and oxygen atoms in total. The minimum atomic E-state index is -4.07. The summed E-state index contributed by atoms with van der Waals surface area (Å²) in [6.07, 6.45) is 0. The summed E-state index contributed by atoms with van der Waals surface area (Å²) >= 11 is 6.16. The predicted octanol–water partition coefficient (Wildman–Crippen LogP) is 4.77. The summed E-state index contributed by atoms with van der Waals surface area (Å²) in [5, 5.41) is 3.17. The number of halogens is 1. The van der Waals surface area contributed by atoms with Gasteiger partial charge in [0, 0.05) is 11.6 Å². The molecule has 0 saturated heterocycles. The lowest BCUT2D eigenvalue weighted by molar-refractivity contribution is -0.119. The number of carbonyl (C=O) groups excluding carboxylic acids is 1. The van der Waals surface area contributed by atoms with Crippen molar-refractivity contribution in [3.63, 3.8) is 0 Å². The molecule has 0 aliphatic carbocycles. The highest BCUT2D eigenvalue weighted by atomic mass is 35.5. The number of amides is 1. The van der Waals surface area contributed by atoms with E-state index < -0.39 is 22.5 Å². The molecule has 33 heavy (non-hydrogen) atoms. The smallest absolute Gasteiger partial charge is 0.264 e. The molecule has 0 bridgehead atoms. The van der Waals surface area contributed by atoms with Gasteiger partial charge in [-0.25, -0.2) is 8.42 Å². The van der Waals surface area contributed by atoms with Crippen LogP contribution in [-0.4, -0.2) is 34.5 Å². The second kappa shape index (κ2) is 10.7. The summed E-state index contributed by atoms with van der Waals surface area (Å²) < 4.78 is 33.5. The maximum atomic E-state index is 13.6. The van der Waals surface area contributed by atoms with Gasteiger partial charge in [-0.3, -0.25) is 9.10 Å². The number of methoxy groups -OCH3 is 1. The van der Waals surface area contributed by atoms with Crippen LogP contribution in [0.25, 0.3) is 0 Å². The van der Waals surface area contributed by atoms with Crippen LogP contribution in [-0.2, 0) is 14.8 Å². The van der Waals surface area contributed by atoms with Gasteiger partial charge in [-0.05, 0) is 48.7 Å². The van der Waals surface area contributed by atoms with Gasteiger partial charge >= 0.3 is 0 Å². The maximum Gasteiger partial charge on any atom is 0.264 e. The Bertz CT molecular complexity index is 1200. The average Bonchev–Trinajstić information content (AvgIpc) is 2.81. The summed E-state index contributed by atoms with van der Waals surface area (Å²) in [5.41, 5.74) is 2.20. The first-order valence-electron chi connectivity index (χ1n) is 10.5. The van der Waals surface area contributed by atoms with Crippen LogP contribution in [0.1, 0.15) is 24.0 Å². The van der Waals surface area contributed by atoms with E-state index in [1.165, 1.54) is 25.3 Å². The highest BCUT2D eigenvalue weighted by Crippen LogP contribution is 2.34. The van der Waals surface area contributed by atoms with Crippen molar-refractivity contribution in [2.45, 2.75) is 24.7 Å². The van der Waals surface area contributed by atoms with Crippen LogP contribution in [0.4, 0.5) is 5.69 Å². The number of sulfonamides is 1. The van der Waals surface area contributed by atoms with Crippen molar-refractivity contribution in [1.29, 1.82) is 0 Å². The highest BCUT2D eigenvalue weighted by Gasteiger charge is 2.29. The van der Waals surface area contributed by atoms with Crippen LogP contribution >= 0.6 is 11.6 Å². The van der Waals surface area contributed by atoms with Gasteiger partial charge in [0.2, 0.25) is 5.91 Å². The van der Waals surface area contributed by atoms with E-state index >= 15 is 0 Å². The third-order valence-electron chi connectivity index (χ3n) is 5.28. The normalized spacial score (nSPS) is 12.1. The van der Waals surface area contributed by atoms with Gasteiger partial charge in [0.05, 0.1) is 17.7 Å². The third-order valence-corrected chi connectivity index (χ3v) is 7.29. The largest absolute Gasteiger partial charge is 0.495 e. The second-order valence-electron chi connectivity index (χ2n) is 7.76. The zero-order chi connectivity index (χ0) is 24.0. The summed E-state index contributed by atoms with van der Waals surface area (Å²) in [6, 6.07) is 20.9. The molecular formula is C25H27ClN2O4S. The lowest BCUT2D eigenvalue weighted by Gasteiger charge is -2.26. The van der Waals surface area contributed by atoms with E-state index in [2.05, 4.69) is 5.32 Å². The minimum Gasteiger partial charge on any atom is -0.495 e. The molecule has 1 N–H and O–H groups in total. The standard InChI is InChI=1S/C25H27ClN2O4S/c1-18-9-12-22(13-10-18)33(30,31)28(23-15-21(26)11-14-24(23)32-3)17-25(29)27-16-19(2)20-7-5-4-6-8-20/h4-15,19H,16-17H2,1-3H3,(H,27,29). The van der Waals surface area contributed by atoms with Gasteiger partial charge in [-0.15, -0.1) is 0 Å². The van der Waals surface area contributed by atoms with E-state index in [4.69, 9.17) is 16.3 Å². The summed E-state index contributed by atoms with van der Waals surface area (Å²) in [5.74, 6) is -0.0750. The maximum absolute atomic E-state index is 13.6. The number of aryl methyl sites for hydroxylation is 1. The lowest BCUT2D eigenvalue weighted by Crippen LogP contribution is -2.42. The molecule has 0 saturated carbocycles. The fraction of sp³-hybridized carbons (Fsp3) is 0.240. The first-order chi connectivity index (χ1) is 15.7. The molecule has 0 aliphatic rings. The third kappa shape index (κ3) is 6.06. The summed E-state index contributed by atoms with van der Waals surface area (Å²) in [6.45, 7) is 3.81. The Morgan fingerprint density at radius 1 is 1.06 bits per heavy atom. The Morgan fingerprint density at radius 3 is 2.36 bits per heavy atom. The lowest BCUT2D eigenvalue weighted by atomic mass is 10.0. The molecule has 0 radical (unpaired) electrons. The zero-order valence-electron chi connectivity index (χ0n) is 18.8. The van der Waals surface area contributed by atoms with E-state index in [0.29, 0.717) is 17.3 Å². The fourth-order valence-electron chi connectivity index (χ4n) is 3.35. The first kappa shape index (κ1) is 24.6. The van der Waals surface area contributed by atoms with Gasteiger partial charge in [0.15, 0.2) is 0 Å². The predicted molar refractivity (Wildman–Crippen MR) is 132 cm³/mol. The number of benzene rings is 3. The number of anilines is 1. The molecule has 3 aromatic carbocycles. The second-order valence-corrected chi connectivity index (χ2v) is 10.1. The topological polar surface area (TPSA) is 75.7 Å². The van der Waals surface area contributed by atoms with Gasteiger partial charge in [0.25, 0.3) is 10.0 Å². The molecule has 1 atom stereocenters. The van der Waals surface area contributed by atoms with Crippen LogP contribution in [0.2, 0.25) is 5.02 Å². The summed E-state index contributed by atoms with van der Waals surface area (Å²) in [4.78, 5) is 13.0. The molecule has 0 fully saturated rings. The molecule has 1 amide bonds. The van der Waals surface area contributed by atoms with Crippen molar-refractivity contribution in [3.8, 4) is 5.75 Å². The number of ether oxygens (including phenoxy) is 1. The Morgan fingerprint density at radius 2 is 1.73 bits per heavy atom. The average molecular weight is 487 g/mol. The van der Waals surface area contributed by atoms with E-state index in [9.17, 15) is 13.2 Å². The quantitative estimate of drug-likeness (QED) is 0.472. The van der Waals surface area contributed by atoms with Crippen LogP contribution in [0.5, 0.6) is 5.75 Å². The SMILES string of the molecule is COc1ccc(Cl)cc1N(CC(=O)NCC(C)c1ccccc1)S(=O)(=O)c1ccc(C)cc1. The number of nitrogens with one attached hydrogen (secondary N) is 1. The molecule has 3 rings (SSSR count). The number of nitrogens with zero attached hydrogens (tertiary/aromatic N) is 1. The summed E-state index contributed by atoms with van der Waals surface area (Å²) in [7, 11) is -2.64. The van der Waals surface area contributed by atoms with E-state index in [-0.39, 0.29) is 16.5 Å². The number of hydrogen-bond donors (Lipinski definition) is 1. The number of hydrogen-bond acceptors (Lipinski definition) is 4. The zero-order valence-corrected chi connectivity index (χ0v) is 20.4. The molecule has 0 aliphatic heterocycles. The Hall–Kier alpha value is -3.03. The highest BCUT2D eigenvalue weighted by molar-refractivity contribution is 7.92. The van der Waals surface area contributed by atoms with Crippen molar-refractivity contribution in [2.24, 2.45) is 0 Å². The van der Waals surface area contributed by atoms with Crippen LogP contribution < -0.4 is 14.4 Å². The van der Waals surface area contributed by atoms with E-state index in [1.54, 1.807) is 24.3 Å². The van der Waals surface area contributed by atoms with Crippen molar-refractivity contribution in [3.05, 3.63) is 88.9 Å². The van der Waals surface area contributed by atoms with E-state index in [1.807, 2.05) is 44.2 Å². The number of rotatable bonds is 9. The van der Waals surface area contributed by atoms with Crippen molar-refractivity contribution in [1.82, 2.24) is 5.32 Å². The molecule has 1 unspecified atom stereocenters. The van der Waals surface area contributed by atoms with Crippen LogP contribution in [0.15, 0.2) is 77.7 Å². The van der Waals surface area contributed by atoms with E-state index in [0.717, 1.165) is 15.4 Å². The van der Waals surface area contributed by atoms with Gasteiger partial charge in [-0.1, -0.05) is 66.6 Å². The van der Waals surface area contributed by atoms with Crippen molar-refractivity contribution >= 4 is 33.2 Å². The molecular weight excluding hydrogens is 460 g/mol. The number of carbonyl (C=O) groups is 1. The Balaban J connectivity index is 1.90. The molecule has 0 heterocycles. The monoisotopic (exact) mass is 486 g/mol. The van der Waals surface area contributed by atoms with Crippen molar-refractivity contribution in [2.75, 3.05) is 24.5 Å². The van der Waals surface area contributed by atoms with Gasteiger partial charge < -0.3 is 10.1 Å². The Labute approximate surface area is 200 Å². The van der Waals surface area contributed by atoms with Crippen molar-refractivity contribution < 1.29 is 17.9 Å². The van der Waals surface area contributed by atoms with Gasteiger partial charge in [0.1, 0.15) is 12.3 Å². The molecule has 174 valence electrons. The van der Waals surface area contributed by atoms with Crippen LogP contribution in [0, 0.1) is 6.92 Å². The molecule has 3 aromatic rings.